The van der Waals surface area contributed by atoms with Crippen LogP contribution in [0, 0.1) is 0 Å². The second-order valence-electron chi connectivity index (χ2n) is 4.39. The van der Waals surface area contributed by atoms with Crippen molar-refractivity contribution in [1.82, 2.24) is 9.78 Å². The molecule has 0 radical (unpaired) electrons. The van der Waals surface area contributed by atoms with E-state index in [1.165, 1.54) is 12.5 Å². The Hall–Kier alpha value is -2.36. The summed E-state index contributed by atoms with van der Waals surface area (Å²) >= 11 is 0. The fourth-order valence-electron chi connectivity index (χ4n) is 2.25. The standard InChI is InChI=1S/C15H14N2O2/c1-2-17-14-6-4-3-5-12(14)13(16-17)9-15(18)11-7-8-19-10-11/h3-8,10H,2,9H2,1H3. The molecule has 0 aliphatic carbocycles. The smallest absolute Gasteiger partial charge is 0.172 e. The number of fused-ring (bicyclic) bond motifs is 1. The number of furan rings is 1. The Morgan fingerprint density at radius 1 is 1.32 bits per heavy atom. The first-order valence-corrected chi connectivity index (χ1v) is 6.29. The molecule has 0 fully saturated rings. The van der Waals surface area contributed by atoms with Crippen LogP contribution >= 0.6 is 0 Å². The summed E-state index contributed by atoms with van der Waals surface area (Å²) in [4.78, 5) is 12.1. The summed E-state index contributed by atoms with van der Waals surface area (Å²) in [6.07, 6.45) is 3.28. The average molecular weight is 254 g/mol. The third-order valence-electron chi connectivity index (χ3n) is 3.21. The lowest BCUT2D eigenvalue weighted by Gasteiger charge is -1.95. The van der Waals surface area contributed by atoms with Crippen LogP contribution in [-0.4, -0.2) is 15.6 Å². The second kappa shape index (κ2) is 4.72. The number of nitrogens with zero attached hydrogens (tertiary/aromatic N) is 2. The van der Waals surface area contributed by atoms with Gasteiger partial charge in [0.2, 0.25) is 0 Å². The summed E-state index contributed by atoms with van der Waals surface area (Å²) in [6.45, 7) is 2.83. The van der Waals surface area contributed by atoms with Gasteiger partial charge in [-0.25, -0.2) is 0 Å². The predicted molar refractivity (Wildman–Crippen MR) is 72.1 cm³/mol. The Balaban J connectivity index is 1.99. The maximum absolute atomic E-state index is 12.1. The van der Waals surface area contributed by atoms with E-state index in [1.54, 1.807) is 6.07 Å². The highest BCUT2D eigenvalue weighted by molar-refractivity contribution is 5.99. The average Bonchev–Trinajstić information content (AvgIpc) is 3.07. The van der Waals surface area contributed by atoms with E-state index >= 15 is 0 Å². The summed E-state index contributed by atoms with van der Waals surface area (Å²) < 4.78 is 6.86. The van der Waals surface area contributed by atoms with E-state index in [4.69, 9.17) is 4.42 Å². The number of ketones is 1. The maximum Gasteiger partial charge on any atom is 0.172 e. The molecule has 96 valence electrons. The van der Waals surface area contributed by atoms with E-state index in [1.807, 2.05) is 35.9 Å². The monoisotopic (exact) mass is 254 g/mol. The van der Waals surface area contributed by atoms with Gasteiger partial charge in [0, 0.05) is 11.9 Å². The first-order chi connectivity index (χ1) is 9.29. The topological polar surface area (TPSA) is 48.0 Å². The van der Waals surface area contributed by atoms with Crippen LogP contribution in [0.15, 0.2) is 47.3 Å². The third-order valence-corrected chi connectivity index (χ3v) is 3.21. The first kappa shape index (κ1) is 11.7. The summed E-state index contributed by atoms with van der Waals surface area (Å²) in [5, 5.41) is 5.57. The van der Waals surface area contributed by atoms with E-state index in [0.717, 1.165) is 23.1 Å². The lowest BCUT2D eigenvalue weighted by Crippen LogP contribution is -2.04. The maximum atomic E-state index is 12.1. The van der Waals surface area contributed by atoms with Gasteiger partial charge < -0.3 is 4.42 Å². The minimum atomic E-state index is 0.0280. The number of hydrogen-bond donors (Lipinski definition) is 0. The molecule has 4 nitrogen and oxygen atoms in total. The highest BCUT2D eigenvalue weighted by atomic mass is 16.3. The minimum absolute atomic E-state index is 0.0280. The van der Waals surface area contributed by atoms with Crippen LogP contribution < -0.4 is 0 Å². The van der Waals surface area contributed by atoms with Crippen LogP contribution in [0.2, 0.25) is 0 Å². The number of aromatic nitrogens is 2. The number of hydrogen-bond acceptors (Lipinski definition) is 3. The molecule has 19 heavy (non-hydrogen) atoms. The Bertz CT molecular complexity index is 711. The molecule has 0 bridgehead atoms. The fraction of sp³-hybridized carbons (Fsp3) is 0.200. The largest absolute Gasteiger partial charge is 0.472 e. The first-order valence-electron chi connectivity index (χ1n) is 6.29. The van der Waals surface area contributed by atoms with Gasteiger partial charge in [0.15, 0.2) is 5.78 Å². The number of carbonyl (C=O) groups is 1. The van der Waals surface area contributed by atoms with Crippen molar-refractivity contribution in [2.24, 2.45) is 0 Å². The van der Waals surface area contributed by atoms with Crippen LogP contribution in [0.5, 0.6) is 0 Å². The number of para-hydroxylation sites is 1. The van der Waals surface area contributed by atoms with Crippen molar-refractivity contribution >= 4 is 16.7 Å². The summed E-state index contributed by atoms with van der Waals surface area (Å²) in [5.41, 5.74) is 2.48. The second-order valence-corrected chi connectivity index (χ2v) is 4.39. The lowest BCUT2D eigenvalue weighted by molar-refractivity contribution is 0.0991. The SMILES string of the molecule is CCn1nc(CC(=O)c2ccoc2)c2ccccc21. The van der Waals surface area contributed by atoms with Crippen LogP contribution in [0.4, 0.5) is 0 Å². The van der Waals surface area contributed by atoms with Crippen LogP contribution in [0.3, 0.4) is 0 Å². The van der Waals surface area contributed by atoms with Gasteiger partial charge >= 0.3 is 0 Å². The van der Waals surface area contributed by atoms with Crippen molar-refractivity contribution in [2.75, 3.05) is 0 Å². The molecule has 0 spiro atoms. The third kappa shape index (κ3) is 2.05. The fourth-order valence-corrected chi connectivity index (χ4v) is 2.25. The minimum Gasteiger partial charge on any atom is -0.472 e. The van der Waals surface area contributed by atoms with E-state index in [9.17, 15) is 4.79 Å². The molecule has 0 amide bonds. The molecule has 0 aliphatic heterocycles. The van der Waals surface area contributed by atoms with Crippen molar-refractivity contribution < 1.29 is 9.21 Å². The molecule has 2 heterocycles. The lowest BCUT2D eigenvalue weighted by atomic mass is 10.1. The van der Waals surface area contributed by atoms with Gasteiger partial charge in [-0.3, -0.25) is 9.48 Å². The predicted octanol–water partition coefficient (Wildman–Crippen LogP) is 3.07. The molecule has 1 aromatic carbocycles. The number of Topliss-reactive ketones (excluding diaryl/α,β-unsaturated/α-hetero) is 1. The number of benzene rings is 1. The molecule has 3 aromatic rings. The molecule has 0 saturated carbocycles. The highest BCUT2D eigenvalue weighted by Gasteiger charge is 2.14. The molecule has 0 N–H and O–H groups in total. The molecule has 3 rings (SSSR count). The summed E-state index contributed by atoms with van der Waals surface area (Å²) in [6, 6.07) is 9.67. The summed E-state index contributed by atoms with van der Waals surface area (Å²) in [5.74, 6) is 0.0280. The molecule has 2 aromatic heterocycles. The Morgan fingerprint density at radius 3 is 2.89 bits per heavy atom. The van der Waals surface area contributed by atoms with Gasteiger partial charge in [0.1, 0.15) is 6.26 Å². The van der Waals surface area contributed by atoms with Crippen molar-refractivity contribution in [3.05, 3.63) is 54.1 Å². The van der Waals surface area contributed by atoms with Crippen LogP contribution in [0.25, 0.3) is 10.9 Å². The van der Waals surface area contributed by atoms with Gasteiger partial charge in [0.05, 0.1) is 29.5 Å². The number of aryl methyl sites for hydroxylation is 1. The Morgan fingerprint density at radius 2 is 2.16 bits per heavy atom. The molecule has 0 saturated heterocycles. The van der Waals surface area contributed by atoms with Gasteiger partial charge in [-0.2, -0.15) is 5.10 Å². The van der Waals surface area contributed by atoms with E-state index in [0.29, 0.717) is 12.0 Å². The van der Waals surface area contributed by atoms with Gasteiger partial charge in [0.25, 0.3) is 0 Å². The number of carbonyl (C=O) groups excluding carboxylic acids is 1. The van der Waals surface area contributed by atoms with E-state index in [-0.39, 0.29) is 5.78 Å². The molecular formula is C15H14N2O2. The van der Waals surface area contributed by atoms with Gasteiger partial charge in [-0.15, -0.1) is 0 Å². The zero-order chi connectivity index (χ0) is 13.2. The summed E-state index contributed by atoms with van der Waals surface area (Å²) in [7, 11) is 0. The highest BCUT2D eigenvalue weighted by Crippen LogP contribution is 2.20. The zero-order valence-corrected chi connectivity index (χ0v) is 10.7. The van der Waals surface area contributed by atoms with Crippen molar-refractivity contribution in [3.63, 3.8) is 0 Å². The molecule has 0 atom stereocenters. The van der Waals surface area contributed by atoms with Gasteiger partial charge in [-0.1, -0.05) is 18.2 Å². The van der Waals surface area contributed by atoms with E-state index < -0.39 is 0 Å². The Kier molecular flexibility index (Phi) is 2.91. The molecule has 4 heteroatoms. The molecule has 0 unspecified atom stereocenters. The van der Waals surface area contributed by atoms with E-state index in [2.05, 4.69) is 5.10 Å². The molecule has 0 aliphatic rings. The van der Waals surface area contributed by atoms with Gasteiger partial charge in [-0.05, 0) is 19.1 Å². The molecular weight excluding hydrogens is 240 g/mol. The zero-order valence-electron chi connectivity index (χ0n) is 10.7. The number of rotatable bonds is 4. The van der Waals surface area contributed by atoms with Crippen LogP contribution in [-0.2, 0) is 13.0 Å². The Labute approximate surface area is 110 Å². The normalized spacial score (nSPS) is 11.0. The van der Waals surface area contributed by atoms with Crippen LogP contribution in [0.1, 0.15) is 23.0 Å². The quantitative estimate of drug-likeness (QED) is 0.672. The van der Waals surface area contributed by atoms with Crippen molar-refractivity contribution in [2.45, 2.75) is 19.9 Å². The van der Waals surface area contributed by atoms with Crippen molar-refractivity contribution in [1.29, 1.82) is 0 Å². The van der Waals surface area contributed by atoms with Crippen molar-refractivity contribution in [3.8, 4) is 0 Å².